The summed E-state index contributed by atoms with van der Waals surface area (Å²) < 4.78 is 0. The Balaban J connectivity index is 1.89. The second kappa shape index (κ2) is 3.08. The first-order valence-corrected chi connectivity index (χ1v) is 6.33. The van der Waals surface area contributed by atoms with E-state index in [0.29, 0.717) is 5.92 Å². The van der Waals surface area contributed by atoms with Crippen molar-refractivity contribution in [2.24, 2.45) is 11.7 Å². The average Bonchev–Trinajstić information content (AvgIpc) is 2.73. The van der Waals surface area contributed by atoms with Gasteiger partial charge >= 0.3 is 0 Å². The van der Waals surface area contributed by atoms with Crippen LogP contribution in [0.2, 0.25) is 0 Å². The third kappa shape index (κ3) is 1.38. The van der Waals surface area contributed by atoms with Gasteiger partial charge in [0.1, 0.15) is 0 Å². The van der Waals surface area contributed by atoms with E-state index < -0.39 is 5.60 Å². The summed E-state index contributed by atoms with van der Waals surface area (Å²) in [5, 5.41) is 10.3. The van der Waals surface area contributed by atoms with Crippen LogP contribution < -0.4 is 5.73 Å². The molecule has 0 aromatic rings. The molecule has 3 N–H and O–H groups in total. The van der Waals surface area contributed by atoms with Gasteiger partial charge in [-0.2, -0.15) is 0 Å². The van der Waals surface area contributed by atoms with E-state index in [-0.39, 0.29) is 5.54 Å². The summed E-state index contributed by atoms with van der Waals surface area (Å²) in [5.41, 5.74) is 7.46. The molecule has 3 aliphatic rings. The Morgan fingerprint density at radius 1 is 1.40 bits per heavy atom. The monoisotopic (exact) mass is 207 g/mol. The summed E-state index contributed by atoms with van der Waals surface area (Å²) in [6.45, 7) is 0. The summed E-state index contributed by atoms with van der Waals surface area (Å²) in [6, 6.07) is 0. The van der Waals surface area contributed by atoms with Crippen molar-refractivity contribution in [3.8, 4) is 0 Å². The molecule has 0 radical (unpaired) electrons. The molecule has 15 heavy (non-hydrogen) atoms. The first kappa shape index (κ1) is 9.86. The zero-order chi connectivity index (χ0) is 10.5. The van der Waals surface area contributed by atoms with Crippen molar-refractivity contribution in [1.82, 2.24) is 0 Å². The average molecular weight is 207 g/mol. The van der Waals surface area contributed by atoms with Crippen molar-refractivity contribution in [3.05, 3.63) is 11.6 Å². The second-order valence-electron chi connectivity index (χ2n) is 5.86. The number of hydrogen-bond acceptors (Lipinski definition) is 2. The molecule has 0 aliphatic heterocycles. The van der Waals surface area contributed by atoms with Crippen LogP contribution in [0.15, 0.2) is 11.6 Å². The molecule has 3 aliphatic carbocycles. The lowest BCUT2D eigenvalue weighted by Gasteiger charge is -2.39. The van der Waals surface area contributed by atoms with Gasteiger partial charge in [0.15, 0.2) is 0 Å². The van der Waals surface area contributed by atoms with E-state index in [1.807, 2.05) is 0 Å². The molecule has 2 bridgehead atoms. The zero-order valence-electron chi connectivity index (χ0n) is 9.34. The third-order valence-corrected chi connectivity index (χ3v) is 4.82. The van der Waals surface area contributed by atoms with E-state index in [4.69, 9.17) is 5.73 Å². The molecule has 84 valence electrons. The van der Waals surface area contributed by atoms with Crippen LogP contribution in [0.1, 0.15) is 51.4 Å². The Morgan fingerprint density at radius 2 is 2.27 bits per heavy atom. The summed E-state index contributed by atoms with van der Waals surface area (Å²) >= 11 is 0. The number of nitrogens with two attached hydrogens (primary N) is 1. The van der Waals surface area contributed by atoms with Gasteiger partial charge in [0.05, 0.1) is 5.60 Å². The van der Waals surface area contributed by atoms with Crippen LogP contribution in [-0.2, 0) is 0 Å². The minimum absolute atomic E-state index is 0.145. The first-order chi connectivity index (χ1) is 7.12. The van der Waals surface area contributed by atoms with Gasteiger partial charge in [-0.05, 0) is 57.3 Å². The molecule has 2 heteroatoms. The highest BCUT2D eigenvalue weighted by molar-refractivity contribution is 5.30. The van der Waals surface area contributed by atoms with Crippen molar-refractivity contribution in [1.29, 1.82) is 0 Å². The minimum atomic E-state index is -0.419. The standard InChI is InChI=1S/C13H21NO/c14-13(10-4-2-1-3-5-10)9-12(15)7-6-11(13)8-12/h4,11,15H,1-3,5-9,14H2. The van der Waals surface area contributed by atoms with Gasteiger partial charge in [-0.3, -0.25) is 0 Å². The maximum absolute atomic E-state index is 10.3. The lowest BCUT2D eigenvalue weighted by molar-refractivity contribution is 0.0412. The van der Waals surface area contributed by atoms with Gasteiger partial charge in [0, 0.05) is 5.54 Å². The van der Waals surface area contributed by atoms with E-state index in [1.165, 1.54) is 31.3 Å². The quantitative estimate of drug-likeness (QED) is 0.647. The van der Waals surface area contributed by atoms with Crippen molar-refractivity contribution in [3.63, 3.8) is 0 Å². The Morgan fingerprint density at radius 3 is 2.80 bits per heavy atom. The fourth-order valence-electron chi connectivity index (χ4n) is 4.03. The molecule has 0 saturated heterocycles. The van der Waals surface area contributed by atoms with E-state index in [9.17, 15) is 5.11 Å². The van der Waals surface area contributed by atoms with Crippen molar-refractivity contribution < 1.29 is 5.11 Å². The van der Waals surface area contributed by atoms with Crippen LogP contribution in [-0.4, -0.2) is 16.2 Å². The van der Waals surface area contributed by atoms with Crippen LogP contribution in [0.3, 0.4) is 0 Å². The summed E-state index contributed by atoms with van der Waals surface area (Å²) in [6.07, 6.45) is 11.2. The van der Waals surface area contributed by atoms with Crippen LogP contribution in [0, 0.1) is 5.92 Å². The highest BCUT2D eigenvalue weighted by Gasteiger charge is 2.57. The SMILES string of the molecule is NC1(C2=CCCCC2)CC2(O)CCC1C2. The van der Waals surface area contributed by atoms with E-state index >= 15 is 0 Å². The van der Waals surface area contributed by atoms with Crippen molar-refractivity contribution >= 4 is 0 Å². The molecule has 0 spiro atoms. The third-order valence-electron chi connectivity index (χ3n) is 4.82. The van der Waals surface area contributed by atoms with E-state index in [1.54, 1.807) is 0 Å². The lowest BCUT2D eigenvalue weighted by atomic mass is 9.72. The minimum Gasteiger partial charge on any atom is -0.390 e. The topological polar surface area (TPSA) is 46.2 Å². The van der Waals surface area contributed by atoms with Crippen LogP contribution in [0.4, 0.5) is 0 Å². The number of allylic oxidation sites excluding steroid dienone is 1. The Bertz CT molecular complexity index is 312. The van der Waals surface area contributed by atoms with Crippen molar-refractivity contribution in [2.75, 3.05) is 0 Å². The van der Waals surface area contributed by atoms with Gasteiger partial charge in [-0.25, -0.2) is 0 Å². The first-order valence-electron chi connectivity index (χ1n) is 6.33. The maximum Gasteiger partial charge on any atom is 0.0672 e. The predicted octanol–water partition coefficient (Wildman–Crippen LogP) is 2.12. The Kier molecular flexibility index (Phi) is 2.02. The van der Waals surface area contributed by atoms with Crippen LogP contribution >= 0.6 is 0 Å². The van der Waals surface area contributed by atoms with Crippen molar-refractivity contribution in [2.45, 2.75) is 62.5 Å². The molecule has 3 atom stereocenters. The highest BCUT2D eigenvalue weighted by Crippen LogP contribution is 2.55. The normalized spacial score (nSPS) is 49.5. The van der Waals surface area contributed by atoms with Crippen LogP contribution in [0.25, 0.3) is 0 Å². The fourth-order valence-corrected chi connectivity index (χ4v) is 4.03. The van der Waals surface area contributed by atoms with Gasteiger partial charge in [-0.1, -0.05) is 11.6 Å². The molecule has 2 nitrogen and oxygen atoms in total. The fraction of sp³-hybridized carbons (Fsp3) is 0.846. The van der Waals surface area contributed by atoms with Gasteiger partial charge in [0.25, 0.3) is 0 Å². The molecular formula is C13H21NO. The lowest BCUT2D eigenvalue weighted by Crippen LogP contribution is -2.49. The molecule has 0 amide bonds. The molecule has 0 aromatic carbocycles. The van der Waals surface area contributed by atoms with Gasteiger partial charge < -0.3 is 10.8 Å². The number of rotatable bonds is 1. The highest BCUT2D eigenvalue weighted by atomic mass is 16.3. The molecule has 2 fully saturated rings. The summed E-state index contributed by atoms with van der Waals surface area (Å²) in [4.78, 5) is 0. The Labute approximate surface area is 91.5 Å². The molecule has 0 aromatic heterocycles. The number of aliphatic hydroxyl groups is 1. The molecule has 3 unspecified atom stereocenters. The predicted molar refractivity (Wildman–Crippen MR) is 60.4 cm³/mol. The Hall–Kier alpha value is -0.340. The molecular weight excluding hydrogens is 186 g/mol. The second-order valence-corrected chi connectivity index (χ2v) is 5.86. The molecule has 2 saturated carbocycles. The van der Waals surface area contributed by atoms with Crippen LogP contribution in [0.5, 0.6) is 0 Å². The maximum atomic E-state index is 10.3. The zero-order valence-corrected chi connectivity index (χ0v) is 9.34. The van der Waals surface area contributed by atoms with Gasteiger partial charge in [-0.15, -0.1) is 0 Å². The summed E-state index contributed by atoms with van der Waals surface area (Å²) in [5.74, 6) is 0.548. The van der Waals surface area contributed by atoms with E-state index in [0.717, 1.165) is 25.7 Å². The summed E-state index contributed by atoms with van der Waals surface area (Å²) in [7, 11) is 0. The number of fused-ring (bicyclic) bond motifs is 2. The van der Waals surface area contributed by atoms with E-state index in [2.05, 4.69) is 6.08 Å². The molecule has 0 heterocycles. The largest absolute Gasteiger partial charge is 0.390 e. The molecule has 3 rings (SSSR count). The number of hydrogen-bond donors (Lipinski definition) is 2. The van der Waals surface area contributed by atoms with Gasteiger partial charge in [0.2, 0.25) is 0 Å². The smallest absolute Gasteiger partial charge is 0.0672 e.